The van der Waals surface area contributed by atoms with E-state index in [4.69, 9.17) is 4.84 Å². The van der Waals surface area contributed by atoms with Gasteiger partial charge in [0.25, 0.3) is 5.91 Å². The third-order valence-electron chi connectivity index (χ3n) is 6.61. The van der Waals surface area contributed by atoms with E-state index in [1.54, 1.807) is 46.3 Å². The van der Waals surface area contributed by atoms with Crippen molar-refractivity contribution >= 4 is 28.9 Å². The summed E-state index contributed by atoms with van der Waals surface area (Å²) in [6.07, 6.45) is 7.50. The van der Waals surface area contributed by atoms with Crippen LogP contribution in [0.1, 0.15) is 31.8 Å². The van der Waals surface area contributed by atoms with Gasteiger partial charge >= 0.3 is 0 Å². The molecule has 0 radical (unpaired) electrons. The molecule has 3 aromatic heterocycles. The standard InChI is InChI=1S/C32H26N6O3/c1-22-10-12-28(13-11-22)41-36-38-20-30(29-15-26(16-33-31(29)38)25-9-5-8-24(14-25)21-39)35-32(40)27-17-34-37(19-27)18-23-6-3-2-4-7-23/h2-17,19-21,36H,18H2,1H3,(H,35,40). The van der Waals surface area contributed by atoms with Crippen molar-refractivity contribution in [2.24, 2.45) is 0 Å². The maximum Gasteiger partial charge on any atom is 0.258 e. The summed E-state index contributed by atoms with van der Waals surface area (Å²) in [4.78, 5) is 35.1. The van der Waals surface area contributed by atoms with Gasteiger partial charge in [-0.2, -0.15) is 10.7 Å². The molecule has 0 saturated heterocycles. The SMILES string of the molecule is Cc1ccc(ONn2cc(NC(=O)c3cnn(Cc4ccccc4)c3)c3cc(-c4cccc(C=O)c4)cnc32)cc1. The fourth-order valence-corrected chi connectivity index (χ4v) is 4.47. The highest BCUT2D eigenvalue weighted by Gasteiger charge is 2.17. The second-order valence-corrected chi connectivity index (χ2v) is 9.62. The highest BCUT2D eigenvalue weighted by molar-refractivity contribution is 6.09. The van der Waals surface area contributed by atoms with E-state index in [0.717, 1.165) is 28.5 Å². The molecule has 3 aromatic carbocycles. The average Bonchev–Trinajstić information content (AvgIpc) is 3.62. The van der Waals surface area contributed by atoms with E-state index in [1.807, 2.05) is 79.7 Å². The summed E-state index contributed by atoms with van der Waals surface area (Å²) in [5.74, 6) is 0.312. The quantitative estimate of drug-likeness (QED) is 0.175. The number of benzene rings is 3. The van der Waals surface area contributed by atoms with E-state index < -0.39 is 0 Å². The molecule has 0 aliphatic carbocycles. The second kappa shape index (κ2) is 11.2. The Morgan fingerprint density at radius 2 is 1.76 bits per heavy atom. The molecule has 3 heterocycles. The van der Waals surface area contributed by atoms with E-state index in [-0.39, 0.29) is 5.91 Å². The number of carbonyl (C=O) groups excluding carboxylic acids is 2. The average molecular weight is 543 g/mol. The molecule has 0 aliphatic rings. The maximum atomic E-state index is 13.3. The Morgan fingerprint density at radius 3 is 2.56 bits per heavy atom. The molecule has 0 unspecified atom stereocenters. The number of nitrogens with one attached hydrogen (secondary N) is 2. The first-order valence-electron chi connectivity index (χ1n) is 13.0. The fraction of sp³-hybridized carbons (Fsp3) is 0.0625. The summed E-state index contributed by atoms with van der Waals surface area (Å²) in [6, 6.07) is 26.7. The van der Waals surface area contributed by atoms with Gasteiger partial charge in [0.15, 0.2) is 11.4 Å². The van der Waals surface area contributed by atoms with Crippen LogP contribution in [0.3, 0.4) is 0 Å². The molecule has 6 rings (SSSR count). The van der Waals surface area contributed by atoms with Crippen LogP contribution in [0.2, 0.25) is 0 Å². The summed E-state index contributed by atoms with van der Waals surface area (Å²) in [7, 11) is 0. The molecule has 6 aromatic rings. The van der Waals surface area contributed by atoms with Gasteiger partial charge in [-0.1, -0.05) is 66.2 Å². The number of hydrogen-bond donors (Lipinski definition) is 2. The van der Waals surface area contributed by atoms with Gasteiger partial charge in [0.1, 0.15) is 6.29 Å². The summed E-state index contributed by atoms with van der Waals surface area (Å²) >= 11 is 0. The van der Waals surface area contributed by atoms with Crippen LogP contribution in [0, 0.1) is 6.92 Å². The van der Waals surface area contributed by atoms with E-state index >= 15 is 0 Å². The van der Waals surface area contributed by atoms with E-state index in [2.05, 4.69) is 21.0 Å². The van der Waals surface area contributed by atoms with Gasteiger partial charge in [-0.15, -0.1) is 0 Å². The molecule has 0 bridgehead atoms. The number of aromatic nitrogens is 4. The Morgan fingerprint density at radius 1 is 0.927 bits per heavy atom. The van der Waals surface area contributed by atoms with E-state index in [1.165, 1.54) is 0 Å². The largest absolute Gasteiger partial charge is 0.366 e. The maximum absolute atomic E-state index is 13.3. The van der Waals surface area contributed by atoms with Crippen LogP contribution in [0.15, 0.2) is 110 Å². The Hall–Kier alpha value is -5.70. The number of pyridine rings is 1. The normalized spacial score (nSPS) is 10.9. The van der Waals surface area contributed by atoms with Crippen molar-refractivity contribution in [2.45, 2.75) is 13.5 Å². The molecule has 202 valence electrons. The minimum Gasteiger partial charge on any atom is -0.366 e. The summed E-state index contributed by atoms with van der Waals surface area (Å²) in [5.41, 5.74) is 8.80. The first-order chi connectivity index (χ1) is 20.1. The van der Waals surface area contributed by atoms with Gasteiger partial charge in [0, 0.05) is 28.9 Å². The highest BCUT2D eigenvalue weighted by Crippen LogP contribution is 2.30. The predicted molar refractivity (Wildman–Crippen MR) is 157 cm³/mol. The smallest absolute Gasteiger partial charge is 0.258 e. The molecule has 41 heavy (non-hydrogen) atoms. The monoisotopic (exact) mass is 542 g/mol. The lowest BCUT2D eigenvalue weighted by Crippen LogP contribution is -2.18. The number of amides is 1. The molecule has 0 spiro atoms. The minimum absolute atomic E-state index is 0.309. The molecule has 0 saturated carbocycles. The van der Waals surface area contributed by atoms with Crippen LogP contribution in [-0.2, 0) is 6.54 Å². The topological polar surface area (TPSA) is 103 Å². The highest BCUT2D eigenvalue weighted by atomic mass is 16.7. The third-order valence-corrected chi connectivity index (χ3v) is 6.61. The van der Waals surface area contributed by atoms with Crippen molar-refractivity contribution in [1.29, 1.82) is 0 Å². The number of aryl methyl sites for hydroxylation is 1. The van der Waals surface area contributed by atoms with Gasteiger partial charge < -0.3 is 10.2 Å². The number of fused-ring (bicyclic) bond motifs is 1. The zero-order chi connectivity index (χ0) is 28.2. The first kappa shape index (κ1) is 25.6. The lowest BCUT2D eigenvalue weighted by atomic mass is 10.0. The van der Waals surface area contributed by atoms with Gasteiger partial charge in [0.2, 0.25) is 0 Å². The molecule has 1 amide bonds. The number of nitrogens with zero attached hydrogens (tertiary/aromatic N) is 4. The zero-order valence-electron chi connectivity index (χ0n) is 22.2. The zero-order valence-corrected chi connectivity index (χ0v) is 22.2. The first-order valence-corrected chi connectivity index (χ1v) is 13.0. The Kier molecular flexibility index (Phi) is 6.98. The summed E-state index contributed by atoms with van der Waals surface area (Å²) < 4.78 is 3.33. The van der Waals surface area contributed by atoms with E-state index in [0.29, 0.717) is 40.1 Å². The molecule has 0 fully saturated rings. The van der Waals surface area contributed by atoms with Crippen LogP contribution in [0.4, 0.5) is 5.69 Å². The lowest BCUT2D eigenvalue weighted by Gasteiger charge is -2.10. The molecular formula is C32H26N6O3. The molecule has 2 N–H and O–H groups in total. The number of carbonyl (C=O) groups is 2. The van der Waals surface area contributed by atoms with Gasteiger partial charge in [-0.3, -0.25) is 14.3 Å². The Labute approximate surface area is 236 Å². The van der Waals surface area contributed by atoms with E-state index in [9.17, 15) is 9.59 Å². The summed E-state index contributed by atoms with van der Waals surface area (Å²) in [5, 5.41) is 8.04. The van der Waals surface area contributed by atoms with Crippen molar-refractivity contribution < 1.29 is 14.4 Å². The second-order valence-electron chi connectivity index (χ2n) is 9.62. The van der Waals surface area contributed by atoms with Crippen molar-refractivity contribution in [1.82, 2.24) is 19.4 Å². The molecule has 0 atom stereocenters. The molecule has 0 aliphatic heterocycles. The van der Waals surface area contributed by atoms with Gasteiger partial charge in [0.05, 0.1) is 30.2 Å². The van der Waals surface area contributed by atoms with Crippen LogP contribution >= 0.6 is 0 Å². The van der Waals surface area contributed by atoms with Crippen LogP contribution in [0.25, 0.3) is 22.2 Å². The number of rotatable bonds is 9. The van der Waals surface area contributed by atoms with Gasteiger partial charge in [-0.25, -0.2) is 9.66 Å². The van der Waals surface area contributed by atoms with Crippen molar-refractivity contribution in [3.63, 3.8) is 0 Å². The lowest BCUT2D eigenvalue weighted by molar-refractivity contribution is 0.102. The number of aldehydes is 1. The number of anilines is 1. The third kappa shape index (κ3) is 5.69. The molecule has 9 nitrogen and oxygen atoms in total. The van der Waals surface area contributed by atoms with Crippen LogP contribution in [0.5, 0.6) is 5.75 Å². The molecular weight excluding hydrogens is 516 g/mol. The minimum atomic E-state index is -0.309. The predicted octanol–water partition coefficient (Wildman–Crippen LogP) is 5.86. The number of hydrogen-bond acceptors (Lipinski definition) is 6. The van der Waals surface area contributed by atoms with Crippen LogP contribution in [-0.4, -0.2) is 31.6 Å². The Bertz CT molecular complexity index is 1840. The van der Waals surface area contributed by atoms with Crippen molar-refractivity contribution in [3.05, 3.63) is 132 Å². The summed E-state index contributed by atoms with van der Waals surface area (Å²) in [6.45, 7) is 2.56. The van der Waals surface area contributed by atoms with Crippen molar-refractivity contribution in [2.75, 3.05) is 10.9 Å². The van der Waals surface area contributed by atoms with Gasteiger partial charge in [-0.05, 0) is 42.3 Å². The fourth-order valence-electron chi connectivity index (χ4n) is 4.47. The molecule has 9 heteroatoms. The van der Waals surface area contributed by atoms with Crippen molar-refractivity contribution in [3.8, 4) is 16.9 Å². The Balaban J connectivity index is 1.31. The van der Waals surface area contributed by atoms with Crippen LogP contribution < -0.4 is 15.7 Å².